The molecule has 35 heavy (non-hydrogen) atoms. The van der Waals surface area contributed by atoms with Crippen LogP contribution in [0, 0.1) is 23.2 Å². The van der Waals surface area contributed by atoms with Gasteiger partial charge in [-0.1, -0.05) is 18.9 Å². The Balaban J connectivity index is 1.47. The summed E-state index contributed by atoms with van der Waals surface area (Å²) in [6.45, 7) is 0.599. The van der Waals surface area contributed by atoms with Crippen molar-refractivity contribution in [3.63, 3.8) is 0 Å². The van der Waals surface area contributed by atoms with Gasteiger partial charge in [0, 0.05) is 23.4 Å². The zero-order valence-electron chi connectivity index (χ0n) is 19.7. The molecular weight excluding hydrogens is 450 g/mol. The maximum atomic E-state index is 13.2. The Morgan fingerprint density at radius 1 is 1.26 bits per heavy atom. The van der Waals surface area contributed by atoms with Gasteiger partial charge in [0.25, 0.3) is 5.91 Å². The SMILES string of the molecule is COc1cccc2[nH]c(C(=O)NC(CC3CC3)C(=O)NC(CC3CCCNC3=O)C(O)C#N)cc12. The molecule has 0 radical (unpaired) electrons. The molecule has 4 atom stereocenters. The van der Waals surface area contributed by atoms with Gasteiger partial charge in [-0.2, -0.15) is 5.26 Å². The number of aliphatic hydroxyl groups excluding tert-OH is 1. The van der Waals surface area contributed by atoms with Crippen LogP contribution in [0.3, 0.4) is 0 Å². The van der Waals surface area contributed by atoms with E-state index in [1.165, 1.54) is 0 Å². The van der Waals surface area contributed by atoms with E-state index in [1.807, 2.05) is 12.1 Å². The lowest BCUT2D eigenvalue weighted by Crippen LogP contribution is -2.53. The maximum absolute atomic E-state index is 13.2. The van der Waals surface area contributed by atoms with Crippen molar-refractivity contribution in [2.75, 3.05) is 13.7 Å². The number of nitriles is 1. The van der Waals surface area contributed by atoms with Crippen LogP contribution < -0.4 is 20.7 Å². The number of carbonyl (C=O) groups is 3. The third-order valence-electron chi connectivity index (χ3n) is 6.76. The number of piperidine rings is 1. The molecule has 186 valence electrons. The summed E-state index contributed by atoms with van der Waals surface area (Å²) >= 11 is 0. The number of hydrogen-bond donors (Lipinski definition) is 5. The number of nitrogens with one attached hydrogen (secondary N) is 4. The summed E-state index contributed by atoms with van der Waals surface area (Å²) in [6.07, 6.45) is 2.54. The lowest BCUT2D eigenvalue weighted by molar-refractivity contribution is -0.129. The normalized spacial score (nSPS) is 20.3. The zero-order chi connectivity index (χ0) is 24.9. The molecule has 1 aromatic carbocycles. The number of aromatic amines is 1. The smallest absolute Gasteiger partial charge is 0.268 e. The fourth-order valence-corrected chi connectivity index (χ4v) is 4.59. The lowest BCUT2D eigenvalue weighted by Gasteiger charge is -2.29. The van der Waals surface area contributed by atoms with Crippen LogP contribution in [0.15, 0.2) is 24.3 Å². The van der Waals surface area contributed by atoms with Crippen molar-refractivity contribution in [3.8, 4) is 11.8 Å². The monoisotopic (exact) mass is 481 g/mol. The molecule has 0 bridgehead atoms. The highest BCUT2D eigenvalue weighted by Gasteiger charge is 2.35. The highest BCUT2D eigenvalue weighted by Crippen LogP contribution is 2.34. The molecule has 3 amide bonds. The predicted molar refractivity (Wildman–Crippen MR) is 127 cm³/mol. The minimum atomic E-state index is -1.47. The second kappa shape index (κ2) is 10.8. The number of benzene rings is 1. The van der Waals surface area contributed by atoms with Crippen LogP contribution in [0.5, 0.6) is 5.75 Å². The van der Waals surface area contributed by atoms with Crippen molar-refractivity contribution >= 4 is 28.6 Å². The lowest BCUT2D eigenvalue weighted by atomic mass is 9.89. The third-order valence-corrected chi connectivity index (χ3v) is 6.76. The van der Waals surface area contributed by atoms with E-state index in [0.29, 0.717) is 36.7 Å². The number of ether oxygens (including phenoxy) is 1. The summed E-state index contributed by atoms with van der Waals surface area (Å²) in [4.78, 5) is 41.5. The molecule has 2 aromatic rings. The molecule has 2 heterocycles. The number of nitrogens with zero attached hydrogens (tertiary/aromatic N) is 1. The molecule has 1 aliphatic heterocycles. The van der Waals surface area contributed by atoms with Gasteiger partial charge in [0.05, 0.1) is 19.2 Å². The van der Waals surface area contributed by atoms with Gasteiger partial charge in [0.1, 0.15) is 17.5 Å². The summed E-state index contributed by atoms with van der Waals surface area (Å²) in [5.41, 5.74) is 1.03. The Morgan fingerprint density at radius 2 is 2.06 bits per heavy atom. The highest BCUT2D eigenvalue weighted by molar-refractivity contribution is 6.01. The van der Waals surface area contributed by atoms with Crippen molar-refractivity contribution in [2.24, 2.45) is 11.8 Å². The average Bonchev–Trinajstić information content (AvgIpc) is 3.57. The first-order valence-corrected chi connectivity index (χ1v) is 12.0. The Morgan fingerprint density at radius 3 is 2.74 bits per heavy atom. The zero-order valence-corrected chi connectivity index (χ0v) is 19.7. The molecule has 10 heteroatoms. The number of amides is 3. The molecule has 2 aliphatic rings. The standard InChI is InChI=1S/C25H31N5O5/c1-35-22-6-2-5-17-16(22)12-20(28-17)25(34)30-19(10-14-7-8-14)24(33)29-18(21(31)13-26)11-15-4-3-9-27-23(15)32/h2,5-6,12,14-15,18-19,21,28,31H,3-4,7-11H2,1H3,(H,27,32)(H,29,33)(H,30,34). The average molecular weight is 482 g/mol. The Labute approximate surface area is 203 Å². The van der Waals surface area contributed by atoms with Gasteiger partial charge in [0.15, 0.2) is 6.10 Å². The van der Waals surface area contributed by atoms with Crippen LogP contribution >= 0.6 is 0 Å². The van der Waals surface area contributed by atoms with E-state index in [1.54, 1.807) is 25.3 Å². The van der Waals surface area contributed by atoms with E-state index >= 15 is 0 Å². The fourth-order valence-electron chi connectivity index (χ4n) is 4.59. The summed E-state index contributed by atoms with van der Waals surface area (Å²) in [6, 6.07) is 7.14. The molecule has 10 nitrogen and oxygen atoms in total. The predicted octanol–water partition coefficient (Wildman–Crippen LogP) is 1.36. The van der Waals surface area contributed by atoms with Gasteiger partial charge in [0.2, 0.25) is 11.8 Å². The third kappa shape index (κ3) is 5.92. The molecule has 1 saturated heterocycles. The molecule has 2 fully saturated rings. The van der Waals surface area contributed by atoms with Crippen LogP contribution in [-0.2, 0) is 9.59 Å². The molecule has 1 saturated carbocycles. The Hall–Kier alpha value is -3.58. The van der Waals surface area contributed by atoms with Crippen molar-refractivity contribution in [1.29, 1.82) is 5.26 Å². The second-order valence-electron chi connectivity index (χ2n) is 9.36. The van der Waals surface area contributed by atoms with E-state index in [-0.39, 0.29) is 12.3 Å². The number of H-pyrrole nitrogens is 1. The van der Waals surface area contributed by atoms with E-state index < -0.39 is 35.9 Å². The van der Waals surface area contributed by atoms with Gasteiger partial charge < -0.3 is 30.8 Å². The van der Waals surface area contributed by atoms with Crippen LogP contribution in [0.25, 0.3) is 10.9 Å². The molecule has 4 rings (SSSR count). The molecule has 1 aromatic heterocycles. The summed E-state index contributed by atoms with van der Waals surface area (Å²) in [5.74, 6) is -0.488. The number of rotatable bonds is 10. The first kappa shape index (κ1) is 24.5. The van der Waals surface area contributed by atoms with Crippen molar-refractivity contribution in [3.05, 3.63) is 30.0 Å². The minimum absolute atomic E-state index is 0.141. The number of aliphatic hydroxyl groups is 1. The molecule has 0 spiro atoms. The van der Waals surface area contributed by atoms with E-state index in [9.17, 15) is 24.8 Å². The van der Waals surface area contributed by atoms with Gasteiger partial charge in [-0.15, -0.1) is 0 Å². The second-order valence-corrected chi connectivity index (χ2v) is 9.36. The first-order chi connectivity index (χ1) is 16.9. The Kier molecular flexibility index (Phi) is 7.56. The van der Waals surface area contributed by atoms with Crippen LogP contribution in [0.2, 0.25) is 0 Å². The molecule has 1 aliphatic carbocycles. The highest BCUT2D eigenvalue weighted by atomic mass is 16.5. The van der Waals surface area contributed by atoms with Crippen LogP contribution in [-0.4, -0.2) is 59.7 Å². The number of carbonyl (C=O) groups excluding carboxylic acids is 3. The number of aromatic nitrogens is 1. The molecule has 4 unspecified atom stereocenters. The van der Waals surface area contributed by atoms with Crippen molar-refractivity contribution in [1.82, 2.24) is 20.9 Å². The summed E-state index contributed by atoms with van der Waals surface area (Å²) < 4.78 is 5.35. The first-order valence-electron chi connectivity index (χ1n) is 12.0. The molecular formula is C25H31N5O5. The van der Waals surface area contributed by atoms with Gasteiger partial charge in [-0.25, -0.2) is 0 Å². The minimum Gasteiger partial charge on any atom is -0.496 e. The van der Waals surface area contributed by atoms with E-state index in [2.05, 4.69) is 20.9 Å². The number of fused-ring (bicyclic) bond motifs is 1. The van der Waals surface area contributed by atoms with Gasteiger partial charge in [-0.3, -0.25) is 14.4 Å². The van der Waals surface area contributed by atoms with E-state index in [4.69, 9.17) is 4.74 Å². The maximum Gasteiger partial charge on any atom is 0.268 e. The summed E-state index contributed by atoms with van der Waals surface area (Å²) in [5, 5.41) is 28.6. The van der Waals surface area contributed by atoms with Crippen molar-refractivity contribution < 1.29 is 24.2 Å². The van der Waals surface area contributed by atoms with Crippen LogP contribution in [0.1, 0.15) is 49.0 Å². The number of hydrogen-bond acceptors (Lipinski definition) is 6. The topological polar surface area (TPSA) is 156 Å². The molecule has 5 N–H and O–H groups in total. The van der Waals surface area contributed by atoms with Gasteiger partial charge >= 0.3 is 0 Å². The van der Waals surface area contributed by atoms with Crippen molar-refractivity contribution in [2.45, 2.75) is 56.7 Å². The Bertz CT molecular complexity index is 1130. The summed E-state index contributed by atoms with van der Waals surface area (Å²) in [7, 11) is 1.56. The van der Waals surface area contributed by atoms with Crippen LogP contribution in [0.4, 0.5) is 0 Å². The quantitative estimate of drug-likeness (QED) is 0.323. The largest absolute Gasteiger partial charge is 0.496 e. The van der Waals surface area contributed by atoms with Gasteiger partial charge in [-0.05, 0) is 49.8 Å². The van der Waals surface area contributed by atoms with E-state index in [0.717, 1.165) is 30.2 Å². The number of methoxy groups -OCH3 is 1. The fraction of sp³-hybridized carbons (Fsp3) is 0.520.